The molecule has 2 heterocycles. The zero-order chi connectivity index (χ0) is 46.1. The van der Waals surface area contributed by atoms with Crippen molar-refractivity contribution in [3.63, 3.8) is 0 Å². The number of ether oxygens (including phenoxy) is 2. The first kappa shape index (κ1) is 48.1. The molecule has 4 aromatic carbocycles. The average molecular weight is 920 g/mol. The minimum atomic E-state index is -4.82. The van der Waals surface area contributed by atoms with Gasteiger partial charge in [-0.05, 0) is 59.7 Å². The molecule has 0 unspecified atom stereocenters. The zero-order valence-electron chi connectivity index (χ0n) is 34.3. The Kier molecular flexibility index (Phi) is 17.3. The van der Waals surface area contributed by atoms with Gasteiger partial charge in [-0.3, -0.25) is 14.0 Å². The maximum atomic E-state index is 12.5. The number of nitrogens with zero attached hydrogens (tertiary/aromatic N) is 7. The van der Waals surface area contributed by atoms with E-state index in [0.717, 1.165) is 12.1 Å². The predicted molar refractivity (Wildman–Crippen MR) is 238 cm³/mol. The highest BCUT2D eigenvalue weighted by atomic mass is 32.2. The first-order chi connectivity index (χ1) is 30.7. The van der Waals surface area contributed by atoms with Gasteiger partial charge in [0.25, 0.3) is 20.2 Å². The van der Waals surface area contributed by atoms with E-state index in [-0.39, 0.29) is 78.1 Å². The molecule has 0 spiro atoms. The van der Waals surface area contributed by atoms with Crippen LogP contribution < -0.4 is 30.7 Å². The molecule has 0 atom stereocenters. The fourth-order valence-electron chi connectivity index (χ4n) is 5.56. The van der Waals surface area contributed by atoms with E-state index in [1.165, 1.54) is 50.6 Å². The first-order valence-electron chi connectivity index (χ1n) is 19.0. The Balaban J connectivity index is 0.000000688. The topological polar surface area (TPSA) is 317 Å². The van der Waals surface area contributed by atoms with Gasteiger partial charge in [0, 0.05) is 42.4 Å². The molecule has 0 saturated heterocycles. The number of hydrogen-bond acceptors (Lipinski definition) is 20. The number of methoxy groups -OCH3 is 2. The first-order valence-corrected chi connectivity index (χ1v) is 21.8. The normalized spacial score (nSPS) is 11.4. The van der Waals surface area contributed by atoms with Gasteiger partial charge >= 0.3 is 12.0 Å². The Labute approximate surface area is 368 Å². The van der Waals surface area contributed by atoms with E-state index in [1.54, 1.807) is 29.2 Å². The van der Waals surface area contributed by atoms with Crippen LogP contribution >= 0.6 is 0 Å². The molecule has 0 amide bonds. The molecule has 64 heavy (non-hydrogen) atoms. The van der Waals surface area contributed by atoms with Crippen molar-refractivity contribution in [3.05, 3.63) is 108 Å². The van der Waals surface area contributed by atoms with Crippen LogP contribution in [-0.4, -0.2) is 130 Å². The van der Waals surface area contributed by atoms with E-state index < -0.39 is 30.0 Å². The molecule has 0 saturated carbocycles. The number of nitrogens with one attached hydrogen (secondary N) is 4. The second-order valence-corrected chi connectivity index (χ2v) is 15.8. The van der Waals surface area contributed by atoms with Crippen molar-refractivity contribution in [3.8, 4) is 12.0 Å². The van der Waals surface area contributed by atoms with Crippen LogP contribution in [-0.2, 0) is 20.2 Å². The maximum absolute atomic E-state index is 12.5. The third kappa shape index (κ3) is 14.6. The number of rotatable bonds is 20. The second kappa shape index (κ2) is 23.0. The van der Waals surface area contributed by atoms with E-state index in [4.69, 9.17) is 24.8 Å². The van der Waals surface area contributed by atoms with Crippen molar-refractivity contribution in [2.24, 2.45) is 0 Å². The lowest BCUT2D eigenvalue weighted by atomic mass is 10.1. The van der Waals surface area contributed by atoms with E-state index in [0.29, 0.717) is 31.0 Å². The molecular weight excluding hydrogens is 875 g/mol. The fraction of sp³-hybridized carbons (Fsp3) is 0.200. The zero-order valence-corrected chi connectivity index (χ0v) is 35.9. The molecule has 0 aliphatic rings. The van der Waals surface area contributed by atoms with Crippen molar-refractivity contribution < 1.29 is 50.7 Å². The van der Waals surface area contributed by atoms with Gasteiger partial charge in [0.1, 0.15) is 9.79 Å². The molecule has 0 fully saturated rings. The van der Waals surface area contributed by atoms with Gasteiger partial charge in [-0.1, -0.05) is 60.7 Å². The summed E-state index contributed by atoms with van der Waals surface area (Å²) in [5, 5.41) is 37.2. The van der Waals surface area contributed by atoms with Gasteiger partial charge in [-0.15, -0.1) is 0 Å². The molecule has 0 radical (unpaired) electrons. The highest BCUT2D eigenvalue weighted by molar-refractivity contribution is 7.86. The summed E-state index contributed by atoms with van der Waals surface area (Å²) < 4.78 is 80.6. The molecule has 22 nitrogen and oxygen atoms in total. The van der Waals surface area contributed by atoms with Crippen molar-refractivity contribution in [2.75, 3.05) is 74.9 Å². The van der Waals surface area contributed by atoms with E-state index in [9.17, 15) is 25.9 Å². The Bertz CT molecular complexity index is 2530. The summed E-state index contributed by atoms with van der Waals surface area (Å²) in [6, 6.07) is 26.1. The lowest BCUT2D eigenvalue weighted by Gasteiger charge is -2.17. The van der Waals surface area contributed by atoms with Crippen molar-refractivity contribution in [1.82, 2.24) is 34.8 Å². The number of aliphatic hydroxyl groups is 3. The Hall–Kier alpha value is -6.90. The van der Waals surface area contributed by atoms with Gasteiger partial charge < -0.3 is 46.1 Å². The quantitative estimate of drug-likeness (QED) is 0.0386. The molecule has 24 heteroatoms. The molecule has 6 rings (SSSR count). The van der Waals surface area contributed by atoms with Gasteiger partial charge in [0.15, 0.2) is 0 Å². The molecular formula is C40H45N11O11S2. The van der Waals surface area contributed by atoms with Crippen LogP contribution in [0.25, 0.3) is 12.2 Å². The number of para-hydroxylation sites is 2. The lowest BCUT2D eigenvalue weighted by molar-refractivity contribution is 0.136. The van der Waals surface area contributed by atoms with Crippen LogP contribution in [0.3, 0.4) is 0 Å². The van der Waals surface area contributed by atoms with Crippen LogP contribution in [0.1, 0.15) is 11.1 Å². The van der Waals surface area contributed by atoms with Crippen molar-refractivity contribution in [1.29, 1.82) is 0 Å². The molecule has 0 aliphatic heterocycles. The minimum Gasteiger partial charge on any atom is -0.467 e. The Morgan fingerprint density at radius 1 is 0.500 bits per heavy atom. The monoisotopic (exact) mass is 919 g/mol. The van der Waals surface area contributed by atoms with Gasteiger partial charge in [-0.25, -0.2) is 0 Å². The standard InChI is InChI=1S/C34H30N10O8S2.C6H15NO3/c1-51-33-41-29(35-23-9-5-3-6-10-23)39-31(43-33)37-25-17-15-21(27(19-25)53(45,46)47)13-14-22-16-18-26(20-28(22)54(48,49)50)38-32-40-30(42-34(44-32)52-2)36-24-11-7-4-8-12-24;8-4-1-7(2-5-9)3-6-10/h3-20H,1-2H3,(H,45,46,47)(H,48,49,50)(H2,35,37,39,41,43)(H2,36,38,40,42,44);8-10H,1-6H2. The van der Waals surface area contributed by atoms with Crippen LogP contribution in [0.4, 0.5) is 46.5 Å². The minimum absolute atomic E-state index is 0.00403. The van der Waals surface area contributed by atoms with Gasteiger partial charge in [-0.2, -0.15) is 46.7 Å². The summed E-state index contributed by atoms with van der Waals surface area (Å²) in [6.07, 6.45) is 2.52. The SMILES string of the molecule is COc1nc(Nc2ccccc2)nc(Nc2ccc(C=Cc3ccc(Nc4nc(Nc5ccccc5)nc(OC)n4)cc3S(=O)(=O)O)c(S(=O)(=O)O)c2)n1.OCCN(CCO)CCO. The molecule has 0 aliphatic carbocycles. The largest absolute Gasteiger partial charge is 0.467 e. The van der Waals surface area contributed by atoms with Crippen LogP contribution in [0, 0.1) is 0 Å². The highest BCUT2D eigenvalue weighted by Gasteiger charge is 2.19. The summed E-state index contributed by atoms with van der Waals surface area (Å²) in [6.45, 7) is 1.75. The smallest absolute Gasteiger partial charge is 0.322 e. The van der Waals surface area contributed by atoms with E-state index in [1.807, 2.05) is 36.4 Å². The Morgan fingerprint density at radius 2 is 0.828 bits per heavy atom. The third-order valence-corrected chi connectivity index (χ3v) is 10.3. The summed E-state index contributed by atoms with van der Waals surface area (Å²) in [5.41, 5.74) is 1.70. The summed E-state index contributed by atoms with van der Waals surface area (Å²) >= 11 is 0. The average Bonchev–Trinajstić information content (AvgIpc) is 3.26. The number of anilines is 8. The summed E-state index contributed by atoms with van der Waals surface area (Å²) in [5.74, 6) is 0.268. The fourth-order valence-corrected chi connectivity index (χ4v) is 6.98. The van der Waals surface area contributed by atoms with Gasteiger partial charge in [0.2, 0.25) is 23.8 Å². The van der Waals surface area contributed by atoms with E-state index in [2.05, 4.69) is 51.2 Å². The van der Waals surface area contributed by atoms with Crippen LogP contribution in [0.2, 0.25) is 0 Å². The third-order valence-electron chi connectivity index (χ3n) is 8.44. The number of aliphatic hydroxyl groups excluding tert-OH is 3. The Morgan fingerprint density at radius 3 is 1.12 bits per heavy atom. The predicted octanol–water partition coefficient (Wildman–Crippen LogP) is 3.98. The molecule has 0 bridgehead atoms. The summed E-state index contributed by atoms with van der Waals surface area (Å²) in [7, 11) is -6.90. The highest BCUT2D eigenvalue weighted by Crippen LogP contribution is 2.29. The molecule has 6 aromatic rings. The van der Waals surface area contributed by atoms with Gasteiger partial charge in [0.05, 0.1) is 34.0 Å². The van der Waals surface area contributed by atoms with Crippen LogP contribution in [0.15, 0.2) is 107 Å². The maximum Gasteiger partial charge on any atom is 0.322 e. The van der Waals surface area contributed by atoms with Crippen molar-refractivity contribution >= 4 is 78.9 Å². The van der Waals surface area contributed by atoms with E-state index >= 15 is 0 Å². The number of hydrogen-bond donors (Lipinski definition) is 9. The number of benzene rings is 4. The lowest BCUT2D eigenvalue weighted by Crippen LogP contribution is -2.32. The van der Waals surface area contributed by atoms with Crippen LogP contribution in [0.5, 0.6) is 12.0 Å². The number of aromatic nitrogens is 6. The molecule has 2 aromatic heterocycles. The van der Waals surface area contributed by atoms with Crippen molar-refractivity contribution in [2.45, 2.75) is 9.79 Å². The summed E-state index contributed by atoms with van der Waals surface area (Å²) in [4.78, 5) is 26.0. The molecule has 338 valence electrons. The second-order valence-electron chi connectivity index (χ2n) is 13.0. The molecule has 9 N–H and O–H groups in total.